The second-order valence-corrected chi connectivity index (χ2v) is 4.84. The van der Waals surface area contributed by atoms with Crippen molar-refractivity contribution in [2.24, 2.45) is 0 Å². The fourth-order valence-electron chi connectivity index (χ4n) is 2.23. The van der Waals surface area contributed by atoms with Gasteiger partial charge in [-0.3, -0.25) is 0 Å². The molecule has 0 fully saturated rings. The number of aromatic nitrogens is 2. The number of aryl methyl sites for hydroxylation is 1. The van der Waals surface area contributed by atoms with Crippen LogP contribution in [-0.2, 0) is 6.42 Å². The fraction of sp³-hybridized carbons (Fsp3) is 0.176. The summed E-state index contributed by atoms with van der Waals surface area (Å²) in [4.78, 5) is 0. The highest BCUT2D eigenvalue weighted by Crippen LogP contribution is 2.20. The highest BCUT2D eigenvalue weighted by molar-refractivity contribution is 5.60. The van der Waals surface area contributed by atoms with Crippen molar-refractivity contribution in [3.63, 3.8) is 0 Å². The maximum atomic E-state index is 5.21. The van der Waals surface area contributed by atoms with Gasteiger partial charge >= 0.3 is 0 Å². The summed E-state index contributed by atoms with van der Waals surface area (Å²) in [5.74, 6) is 0.544. The predicted molar refractivity (Wildman–Crippen MR) is 83.0 cm³/mol. The van der Waals surface area contributed by atoms with Gasteiger partial charge in [-0.1, -0.05) is 36.4 Å². The monoisotopic (exact) mass is 279 g/mol. The van der Waals surface area contributed by atoms with Crippen LogP contribution in [0.2, 0.25) is 0 Å². The number of benzene rings is 2. The van der Waals surface area contributed by atoms with Crippen molar-refractivity contribution in [2.45, 2.75) is 12.8 Å². The van der Waals surface area contributed by atoms with Crippen molar-refractivity contribution >= 4 is 5.69 Å². The second-order valence-electron chi connectivity index (χ2n) is 4.84. The van der Waals surface area contributed by atoms with Crippen LogP contribution in [0.3, 0.4) is 0 Å². The molecule has 3 aromatic rings. The average Bonchev–Trinajstić information content (AvgIpc) is 3.07. The van der Waals surface area contributed by atoms with Gasteiger partial charge in [-0.2, -0.15) is 0 Å². The zero-order valence-corrected chi connectivity index (χ0v) is 11.7. The minimum absolute atomic E-state index is 0.544. The van der Waals surface area contributed by atoms with Crippen LogP contribution in [0.15, 0.2) is 65.4 Å². The summed E-state index contributed by atoms with van der Waals surface area (Å²) in [7, 11) is 0. The van der Waals surface area contributed by atoms with Gasteiger partial charge in [0, 0.05) is 17.8 Å². The van der Waals surface area contributed by atoms with E-state index in [0.717, 1.165) is 30.6 Å². The Morgan fingerprint density at radius 2 is 1.90 bits per heavy atom. The normalized spacial score (nSPS) is 10.5. The van der Waals surface area contributed by atoms with E-state index in [1.54, 1.807) is 0 Å². The van der Waals surface area contributed by atoms with Crippen LogP contribution in [0.25, 0.3) is 11.5 Å². The van der Waals surface area contributed by atoms with Gasteiger partial charge in [-0.05, 0) is 36.6 Å². The molecule has 4 heteroatoms. The first-order valence-electron chi connectivity index (χ1n) is 7.06. The zero-order valence-electron chi connectivity index (χ0n) is 11.7. The van der Waals surface area contributed by atoms with Crippen molar-refractivity contribution in [1.29, 1.82) is 0 Å². The van der Waals surface area contributed by atoms with Crippen molar-refractivity contribution in [1.82, 2.24) is 10.2 Å². The van der Waals surface area contributed by atoms with Crippen LogP contribution in [0.4, 0.5) is 5.69 Å². The van der Waals surface area contributed by atoms with Crippen molar-refractivity contribution < 1.29 is 4.42 Å². The van der Waals surface area contributed by atoms with E-state index in [1.165, 1.54) is 12.0 Å². The van der Waals surface area contributed by atoms with Crippen molar-refractivity contribution in [3.05, 3.63) is 66.6 Å². The van der Waals surface area contributed by atoms with Crippen molar-refractivity contribution in [2.75, 3.05) is 11.9 Å². The minimum Gasteiger partial charge on any atom is -0.423 e. The summed E-state index contributed by atoms with van der Waals surface area (Å²) >= 11 is 0. The zero-order chi connectivity index (χ0) is 14.3. The molecule has 3 rings (SSSR count). The summed E-state index contributed by atoms with van der Waals surface area (Å²) in [5, 5.41) is 11.0. The number of hydrogen-bond donors (Lipinski definition) is 1. The van der Waals surface area contributed by atoms with E-state index >= 15 is 0 Å². The molecular weight excluding hydrogens is 262 g/mol. The third kappa shape index (κ3) is 3.69. The van der Waals surface area contributed by atoms with Gasteiger partial charge in [0.1, 0.15) is 0 Å². The Kier molecular flexibility index (Phi) is 4.27. The molecule has 0 saturated heterocycles. The average molecular weight is 279 g/mol. The first kappa shape index (κ1) is 13.4. The molecule has 0 radical (unpaired) electrons. The molecule has 1 aromatic heterocycles. The standard InChI is InChI=1S/C17H17N3O/c1-2-6-14(7-3-1)8-5-11-18-16-10-4-9-15(12-16)17-20-19-13-21-17/h1-4,6-7,9-10,12-13,18H,5,8,11H2. The molecule has 0 unspecified atom stereocenters. The van der Waals surface area contributed by atoms with Gasteiger partial charge in [0.15, 0.2) is 0 Å². The number of nitrogens with one attached hydrogen (secondary N) is 1. The smallest absolute Gasteiger partial charge is 0.247 e. The van der Waals surface area contributed by atoms with E-state index in [2.05, 4.69) is 39.8 Å². The lowest BCUT2D eigenvalue weighted by Crippen LogP contribution is -2.03. The van der Waals surface area contributed by atoms with E-state index < -0.39 is 0 Å². The molecule has 4 nitrogen and oxygen atoms in total. The van der Waals surface area contributed by atoms with Gasteiger partial charge in [-0.15, -0.1) is 10.2 Å². The SMILES string of the molecule is c1ccc(CCCNc2cccc(-c3nnco3)c2)cc1. The summed E-state index contributed by atoms with van der Waals surface area (Å²) < 4.78 is 5.21. The molecule has 0 atom stereocenters. The largest absolute Gasteiger partial charge is 0.423 e. The fourth-order valence-corrected chi connectivity index (χ4v) is 2.23. The van der Waals surface area contributed by atoms with Gasteiger partial charge in [0.25, 0.3) is 0 Å². The highest BCUT2D eigenvalue weighted by atomic mass is 16.4. The van der Waals surface area contributed by atoms with Crippen LogP contribution < -0.4 is 5.32 Å². The van der Waals surface area contributed by atoms with E-state index in [-0.39, 0.29) is 0 Å². The van der Waals surface area contributed by atoms with E-state index in [4.69, 9.17) is 4.42 Å². The Hall–Kier alpha value is -2.62. The Morgan fingerprint density at radius 1 is 1.00 bits per heavy atom. The lowest BCUT2D eigenvalue weighted by Gasteiger charge is -2.07. The first-order chi connectivity index (χ1) is 10.4. The Balaban J connectivity index is 1.53. The number of rotatable bonds is 6. The Bertz CT molecular complexity index is 666. The molecule has 21 heavy (non-hydrogen) atoms. The third-order valence-corrected chi connectivity index (χ3v) is 3.28. The maximum absolute atomic E-state index is 5.21. The molecule has 0 aliphatic rings. The van der Waals surface area contributed by atoms with Gasteiger partial charge in [0.05, 0.1) is 0 Å². The van der Waals surface area contributed by atoms with Crippen LogP contribution in [-0.4, -0.2) is 16.7 Å². The van der Waals surface area contributed by atoms with Crippen LogP contribution in [0.1, 0.15) is 12.0 Å². The molecular formula is C17H17N3O. The van der Waals surface area contributed by atoms with Crippen LogP contribution in [0.5, 0.6) is 0 Å². The van der Waals surface area contributed by atoms with E-state index in [1.807, 2.05) is 30.3 Å². The highest BCUT2D eigenvalue weighted by Gasteiger charge is 2.03. The Labute approximate surface area is 123 Å². The molecule has 2 aromatic carbocycles. The number of hydrogen-bond acceptors (Lipinski definition) is 4. The minimum atomic E-state index is 0.544. The van der Waals surface area contributed by atoms with E-state index in [0.29, 0.717) is 5.89 Å². The Morgan fingerprint density at radius 3 is 2.71 bits per heavy atom. The molecule has 0 saturated carbocycles. The molecule has 0 bridgehead atoms. The summed E-state index contributed by atoms with van der Waals surface area (Å²) in [6, 6.07) is 18.5. The predicted octanol–water partition coefficient (Wildman–Crippen LogP) is 3.78. The van der Waals surface area contributed by atoms with Gasteiger partial charge in [0.2, 0.25) is 12.3 Å². The third-order valence-electron chi connectivity index (χ3n) is 3.28. The number of anilines is 1. The second kappa shape index (κ2) is 6.70. The molecule has 106 valence electrons. The summed E-state index contributed by atoms with van der Waals surface area (Å²) in [5.41, 5.74) is 3.37. The number of nitrogens with zero attached hydrogens (tertiary/aromatic N) is 2. The topological polar surface area (TPSA) is 51.0 Å². The van der Waals surface area contributed by atoms with Gasteiger partial charge < -0.3 is 9.73 Å². The maximum Gasteiger partial charge on any atom is 0.247 e. The van der Waals surface area contributed by atoms with E-state index in [9.17, 15) is 0 Å². The van der Waals surface area contributed by atoms with Gasteiger partial charge in [-0.25, -0.2) is 0 Å². The lowest BCUT2D eigenvalue weighted by molar-refractivity contribution is 0.568. The van der Waals surface area contributed by atoms with Crippen LogP contribution in [0, 0.1) is 0 Å². The molecule has 0 spiro atoms. The van der Waals surface area contributed by atoms with Crippen molar-refractivity contribution in [3.8, 4) is 11.5 Å². The molecule has 1 heterocycles. The molecule has 0 amide bonds. The summed E-state index contributed by atoms with van der Waals surface area (Å²) in [6.45, 7) is 0.933. The molecule has 1 N–H and O–H groups in total. The first-order valence-corrected chi connectivity index (χ1v) is 7.06. The molecule has 0 aliphatic heterocycles. The van der Waals surface area contributed by atoms with Crippen LogP contribution >= 0.6 is 0 Å². The quantitative estimate of drug-likeness (QED) is 0.698. The summed E-state index contributed by atoms with van der Waals surface area (Å²) in [6.07, 6.45) is 3.52. The molecule has 0 aliphatic carbocycles. The lowest BCUT2D eigenvalue weighted by atomic mass is 10.1.